The van der Waals surface area contributed by atoms with Gasteiger partial charge in [0.1, 0.15) is 5.69 Å². The highest BCUT2D eigenvalue weighted by molar-refractivity contribution is 5.93. The first-order chi connectivity index (χ1) is 8.55. The molecule has 0 aliphatic rings. The molecular formula is C8H3F5N2O4. The van der Waals surface area contributed by atoms with Gasteiger partial charge in [0.25, 0.3) is 12.1 Å². The number of hydrogen-bond acceptors (Lipinski definition) is 4. The zero-order chi connectivity index (χ0) is 15.0. The number of halogens is 5. The number of nitrogens with zero attached hydrogens (tertiary/aromatic N) is 2. The summed E-state index contributed by atoms with van der Waals surface area (Å²) in [5.41, 5.74) is -6.91. The van der Waals surface area contributed by atoms with Crippen LogP contribution >= 0.6 is 0 Å². The first kappa shape index (κ1) is 14.7. The molecule has 104 valence electrons. The van der Waals surface area contributed by atoms with Crippen LogP contribution in [0.3, 0.4) is 0 Å². The van der Waals surface area contributed by atoms with Gasteiger partial charge >= 0.3 is 12.1 Å². The summed E-state index contributed by atoms with van der Waals surface area (Å²) in [5.74, 6) is -2.16. The van der Waals surface area contributed by atoms with Crippen LogP contribution < -0.4 is 0 Å². The van der Waals surface area contributed by atoms with E-state index in [1.54, 1.807) is 0 Å². The number of alkyl halides is 5. The molecule has 1 aromatic rings. The van der Waals surface area contributed by atoms with Crippen LogP contribution in [0, 0.1) is 10.1 Å². The van der Waals surface area contributed by atoms with Crippen LogP contribution in [-0.4, -0.2) is 21.0 Å². The van der Waals surface area contributed by atoms with E-state index >= 15 is 0 Å². The van der Waals surface area contributed by atoms with Crippen molar-refractivity contribution in [3.8, 4) is 0 Å². The highest BCUT2D eigenvalue weighted by atomic mass is 19.4. The Morgan fingerprint density at radius 1 is 1.42 bits per heavy atom. The normalized spacial score (nSPS) is 11.7. The van der Waals surface area contributed by atoms with Gasteiger partial charge in [-0.2, -0.15) is 13.2 Å². The molecule has 6 nitrogen and oxygen atoms in total. The predicted octanol–water partition coefficient (Wildman–Crippen LogP) is 2.64. The predicted molar refractivity (Wildman–Crippen MR) is 47.8 cm³/mol. The molecule has 0 fully saturated rings. The molecule has 0 aliphatic heterocycles. The Bertz CT molecular complexity index is 543. The smallest absolute Gasteiger partial charge is 0.433 e. The Hall–Kier alpha value is -2.33. The van der Waals surface area contributed by atoms with E-state index in [2.05, 4.69) is 4.98 Å². The van der Waals surface area contributed by atoms with E-state index < -0.39 is 46.1 Å². The van der Waals surface area contributed by atoms with Crippen LogP contribution in [0.5, 0.6) is 0 Å². The van der Waals surface area contributed by atoms with Crippen LogP contribution in [0.15, 0.2) is 6.07 Å². The maximum atomic E-state index is 12.5. The first-order valence-electron chi connectivity index (χ1n) is 4.33. The summed E-state index contributed by atoms with van der Waals surface area (Å²) < 4.78 is 62.0. The van der Waals surface area contributed by atoms with E-state index in [1.165, 1.54) is 0 Å². The Labute approximate surface area is 100 Å². The van der Waals surface area contributed by atoms with Crippen molar-refractivity contribution in [2.24, 2.45) is 0 Å². The lowest BCUT2D eigenvalue weighted by atomic mass is 10.1. The molecule has 0 aliphatic carbocycles. The summed E-state index contributed by atoms with van der Waals surface area (Å²) >= 11 is 0. The average Bonchev–Trinajstić information content (AvgIpc) is 2.25. The van der Waals surface area contributed by atoms with E-state index in [0.29, 0.717) is 0 Å². The van der Waals surface area contributed by atoms with E-state index in [0.717, 1.165) is 0 Å². The van der Waals surface area contributed by atoms with Gasteiger partial charge in [-0.25, -0.2) is 18.6 Å². The molecule has 1 N–H and O–H groups in total. The van der Waals surface area contributed by atoms with Crippen LogP contribution in [0.25, 0.3) is 0 Å². The van der Waals surface area contributed by atoms with E-state index in [9.17, 15) is 36.9 Å². The van der Waals surface area contributed by atoms with Crippen LogP contribution in [0.1, 0.15) is 28.2 Å². The van der Waals surface area contributed by atoms with Gasteiger partial charge in [-0.1, -0.05) is 0 Å². The molecular weight excluding hydrogens is 283 g/mol. The number of carbonyl (C=O) groups is 1. The van der Waals surface area contributed by atoms with Crippen molar-refractivity contribution in [3.05, 3.63) is 33.1 Å². The van der Waals surface area contributed by atoms with Crippen molar-refractivity contribution in [3.63, 3.8) is 0 Å². The third kappa shape index (κ3) is 2.92. The minimum Gasteiger partial charge on any atom is -0.477 e. The quantitative estimate of drug-likeness (QED) is 0.523. The average molecular weight is 286 g/mol. The van der Waals surface area contributed by atoms with Crippen molar-refractivity contribution < 1.29 is 36.8 Å². The van der Waals surface area contributed by atoms with Crippen LogP contribution in [-0.2, 0) is 6.18 Å². The highest BCUT2D eigenvalue weighted by Crippen LogP contribution is 2.35. The maximum absolute atomic E-state index is 12.5. The SMILES string of the molecule is O=C(O)c1c([N+](=O)[O-])cc(C(F)(F)F)nc1C(F)F. The zero-order valence-electron chi connectivity index (χ0n) is 8.61. The molecule has 1 aromatic heterocycles. The molecule has 11 heteroatoms. The summed E-state index contributed by atoms with van der Waals surface area (Å²) in [4.78, 5) is 22.1. The van der Waals surface area contributed by atoms with Crippen molar-refractivity contribution in [1.82, 2.24) is 4.98 Å². The summed E-state index contributed by atoms with van der Waals surface area (Å²) in [6.45, 7) is 0. The molecule has 0 atom stereocenters. The van der Waals surface area contributed by atoms with Gasteiger partial charge in [0.15, 0.2) is 11.3 Å². The molecule has 0 saturated carbocycles. The molecule has 1 heterocycles. The Morgan fingerprint density at radius 3 is 2.26 bits per heavy atom. The minimum absolute atomic E-state index is 0.199. The van der Waals surface area contributed by atoms with Crippen LogP contribution in [0.4, 0.5) is 27.6 Å². The highest BCUT2D eigenvalue weighted by Gasteiger charge is 2.39. The summed E-state index contributed by atoms with van der Waals surface area (Å²) in [5, 5.41) is 19.1. The van der Waals surface area contributed by atoms with Gasteiger partial charge in [-0.05, 0) is 0 Å². The topological polar surface area (TPSA) is 93.3 Å². The Kier molecular flexibility index (Phi) is 3.68. The zero-order valence-corrected chi connectivity index (χ0v) is 8.61. The largest absolute Gasteiger partial charge is 0.477 e. The molecule has 19 heavy (non-hydrogen) atoms. The number of nitro groups is 1. The molecule has 1 rings (SSSR count). The molecule has 0 radical (unpaired) electrons. The Morgan fingerprint density at radius 2 is 1.95 bits per heavy atom. The number of aromatic carboxylic acids is 1. The van der Waals surface area contributed by atoms with Gasteiger partial charge in [0.2, 0.25) is 0 Å². The summed E-state index contributed by atoms with van der Waals surface area (Å²) in [7, 11) is 0. The van der Waals surface area contributed by atoms with Gasteiger partial charge in [-0.3, -0.25) is 10.1 Å². The monoisotopic (exact) mass is 286 g/mol. The van der Waals surface area contributed by atoms with E-state index in [-0.39, 0.29) is 6.07 Å². The van der Waals surface area contributed by atoms with Crippen molar-refractivity contribution in [2.75, 3.05) is 0 Å². The molecule has 0 saturated heterocycles. The lowest BCUT2D eigenvalue weighted by Crippen LogP contribution is -2.16. The molecule has 0 spiro atoms. The van der Waals surface area contributed by atoms with Gasteiger partial charge < -0.3 is 5.11 Å². The molecule has 0 bridgehead atoms. The lowest BCUT2D eigenvalue weighted by molar-refractivity contribution is -0.385. The van der Waals surface area contributed by atoms with Crippen molar-refractivity contribution >= 4 is 11.7 Å². The van der Waals surface area contributed by atoms with Gasteiger partial charge in [-0.15, -0.1) is 0 Å². The third-order valence-corrected chi connectivity index (χ3v) is 1.93. The van der Waals surface area contributed by atoms with Crippen LogP contribution in [0.2, 0.25) is 0 Å². The Balaban J connectivity index is 3.73. The van der Waals surface area contributed by atoms with E-state index in [4.69, 9.17) is 5.11 Å². The fraction of sp³-hybridized carbons (Fsp3) is 0.250. The number of carboxylic acids is 1. The first-order valence-corrected chi connectivity index (χ1v) is 4.33. The van der Waals surface area contributed by atoms with Crippen molar-refractivity contribution in [2.45, 2.75) is 12.6 Å². The number of carboxylic acid groups (broad SMARTS) is 1. The minimum atomic E-state index is -5.22. The fourth-order valence-electron chi connectivity index (χ4n) is 1.22. The molecule has 0 amide bonds. The van der Waals surface area contributed by atoms with Gasteiger partial charge in [0.05, 0.1) is 4.92 Å². The second kappa shape index (κ2) is 4.74. The number of hydrogen-bond donors (Lipinski definition) is 1. The lowest BCUT2D eigenvalue weighted by Gasteiger charge is -2.10. The molecule has 0 aromatic carbocycles. The second-order valence-corrected chi connectivity index (χ2v) is 3.15. The summed E-state index contributed by atoms with van der Waals surface area (Å²) in [6.07, 6.45) is -8.92. The van der Waals surface area contributed by atoms with Gasteiger partial charge in [0, 0.05) is 6.07 Å². The molecule has 0 unspecified atom stereocenters. The standard InChI is InChI=1S/C8H3F5N2O4/c9-6(10)5-4(7(16)17)2(15(18)19)1-3(14-5)8(11,12)13/h1,6H,(H,16,17). The maximum Gasteiger partial charge on any atom is 0.433 e. The third-order valence-electron chi connectivity index (χ3n) is 1.93. The van der Waals surface area contributed by atoms with Crippen molar-refractivity contribution in [1.29, 1.82) is 0 Å². The second-order valence-electron chi connectivity index (χ2n) is 3.15. The van der Waals surface area contributed by atoms with E-state index in [1.807, 2.05) is 0 Å². The number of rotatable bonds is 3. The number of pyridine rings is 1. The number of aromatic nitrogens is 1. The summed E-state index contributed by atoms with van der Waals surface area (Å²) in [6, 6.07) is -0.199. The fourth-order valence-corrected chi connectivity index (χ4v) is 1.22.